The fourth-order valence-corrected chi connectivity index (χ4v) is 4.24. The third-order valence-corrected chi connectivity index (χ3v) is 5.96. The summed E-state index contributed by atoms with van der Waals surface area (Å²) in [6.07, 6.45) is -4.49. The Bertz CT molecular complexity index is 884. The highest BCUT2D eigenvalue weighted by molar-refractivity contribution is 7.94. The average Bonchev–Trinajstić information content (AvgIpc) is 2.91. The van der Waals surface area contributed by atoms with Gasteiger partial charge in [0, 0.05) is 11.8 Å². The molecule has 2 N–H and O–H groups in total. The van der Waals surface area contributed by atoms with Crippen LogP contribution in [0.3, 0.4) is 0 Å². The highest BCUT2D eigenvalue weighted by Gasteiger charge is 2.30. The summed E-state index contributed by atoms with van der Waals surface area (Å²) in [6, 6.07) is 2.33. The van der Waals surface area contributed by atoms with Crippen molar-refractivity contribution in [1.29, 1.82) is 0 Å². The lowest BCUT2D eigenvalue weighted by atomic mass is 10.3. The summed E-state index contributed by atoms with van der Waals surface area (Å²) in [6.45, 7) is 1.46. The molecule has 0 aliphatic rings. The molecule has 0 amide bonds. The van der Waals surface area contributed by atoms with Crippen LogP contribution in [0.1, 0.15) is 20.9 Å². The van der Waals surface area contributed by atoms with E-state index in [1.165, 1.54) is 19.9 Å². The minimum absolute atomic E-state index is 0.124. The maximum Gasteiger partial charge on any atom is 0.408 e. The summed E-state index contributed by atoms with van der Waals surface area (Å²) in [5.74, 6) is -1.54. The summed E-state index contributed by atoms with van der Waals surface area (Å²) >= 11 is 0.550. The molecule has 0 aliphatic carbocycles. The number of rotatable bonds is 5. The van der Waals surface area contributed by atoms with Crippen LogP contribution in [-0.2, 0) is 16.6 Å². The molecule has 0 bridgehead atoms. The molecule has 0 fully saturated rings. The van der Waals surface area contributed by atoms with Crippen molar-refractivity contribution in [2.75, 3.05) is 4.72 Å². The summed E-state index contributed by atoms with van der Waals surface area (Å²) in [7, 11) is -4.15. The lowest BCUT2D eigenvalue weighted by Crippen LogP contribution is -2.20. The van der Waals surface area contributed by atoms with Crippen LogP contribution in [0.15, 0.2) is 16.3 Å². The fraction of sp³-hybridized carbons (Fsp3) is 0.333. The first-order valence-electron chi connectivity index (χ1n) is 6.37. The Hall–Kier alpha value is -2.08. The smallest absolute Gasteiger partial charge is 0.408 e. The van der Waals surface area contributed by atoms with Gasteiger partial charge in [-0.3, -0.25) is 9.40 Å². The van der Waals surface area contributed by atoms with Crippen molar-refractivity contribution in [3.63, 3.8) is 0 Å². The number of nitrogens with zero attached hydrogens (tertiary/aromatic N) is 2. The monoisotopic (exact) mass is 383 g/mol. The van der Waals surface area contributed by atoms with Gasteiger partial charge in [0.15, 0.2) is 5.82 Å². The van der Waals surface area contributed by atoms with Gasteiger partial charge < -0.3 is 5.11 Å². The maximum atomic E-state index is 12.4. The van der Waals surface area contributed by atoms with E-state index in [4.69, 9.17) is 5.11 Å². The number of carbonyl (C=O) groups is 1. The van der Waals surface area contributed by atoms with E-state index in [0.717, 1.165) is 6.07 Å². The molecule has 0 aliphatic heterocycles. The van der Waals surface area contributed by atoms with Gasteiger partial charge in [0.1, 0.15) is 15.6 Å². The van der Waals surface area contributed by atoms with E-state index >= 15 is 0 Å². The van der Waals surface area contributed by atoms with Gasteiger partial charge in [-0.15, -0.1) is 11.3 Å². The van der Waals surface area contributed by atoms with E-state index in [1.54, 1.807) is 0 Å². The van der Waals surface area contributed by atoms with Gasteiger partial charge in [-0.25, -0.2) is 13.2 Å². The van der Waals surface area contributed by atoms with Crippen molar-refractivity contribution in [3.05, 3.63) is 28.3 Å². The molecule has 132 valence electrons. The van der Waals surface area contributed by atoms with Crippen molar-refractivity contribution in [2.45, 2.75) is 30.8 Å². The third kappa shape index (κ3) is 4.06. The van der Waals surface area contributed by atoms with Crippen LogP contribution in [0, 0.1) is 13.8 Å². The lowest BCUT2D eigenvalue weighted by Gasteiger charge is -2.07. The van der Waals surface area contributed by atoms with Crippen LogP contribution in [0.4, 0.5) is 19.0 Å². The number of aromatic nitrogens is 2. The molecule has 0 radical (unpaired) electrons. The number of nitrogens with one attached hydrogen (secondary N) is 1. The van der Waals surface area contributed by atoms with Gasteiger partial charge in [-0.1, -0.05) is 0 Å². The molecule has 0 spiro atoms. The summed E-state index contributed by atoms with van der Waals surface area (Å²) in [5, 5.41) is 12.5. The van der Waals surface area contributed by atoms with E-state index in [0.29, 0.717) is 16.0 Å². The SMILES string of the molecule is Cc1cc(S(=O)(=O)Nc2cc(C)n(CC(F)(F)F)n2)sc1C(=O)O. The third-order valence-electron chi connectivity index (χ3n) is 2.90. The number of carboxylic acids is 1. The predicted octanol–water partition coefficient (Wildman–Crippen LogP) is 2.62. The maximum absolute atomic E-state index is 12.4. The molecule has 0 saturated carbocycles. The fourth-order valence-electron chi connectivity index (χ4n) is 1.88. The van der Waals surface area contributed by atoms with Crippen LogP contribution >= 0.6 is 11.3 Å². The first-order chi connectivity index (χ1) is 10.9. The minimum Gasteiger partial charge on any atom is -0.477 e. The van der Waals surface area contributed by atoms with Gasteiger partial charge in [0.25, 0.3) is 10.0 Å². The van der Waals surface area contributed by atoms with E-state index in [9.17, 15) is 26.4 Å². The Labute approximate surface area is 138 Å². The summed E-state index contributed by atoms with van der Waals surface area (Å²) in [4.78, 5) is 10.8. The van der Waals surface area contributed by atoms with E-state index in [-0.39, 0.29) is 26.2 Å². The molecule has 0 aromatic carbocycles. The van der Waals surface area contributed by atoms with Crippen LogP contribution in [-0.4, -0.2) is 35.5 Å². The van der Waals surface area contributed by atoms with Gasteiger partial charge in [-0.2, -0.15) is 18.3 Å². The predicted molar refractivity (Wildman–Crippen MR) is 79.8 cm³/mol. The van der Waals surface area contributed by atoms with Crippen molar-refractivity contribution in [2.24, 2.45) is 0 Å². The number of hydrogen-bond donors (Lipinski definition) is 2. The topological polar surface area (TPSA) is 101 Å². The number of hydrogen-bond acceptors (Lipinski definition) is 5. The zero-order valence-electron chi connectivity index (χ0n) is 12.4. The molecular formula is C12H12F3N3O4S2. The second kappa shape index (κ2) is 6.09. The largest absolute Gasteiger partial charge is 0.477 e. The molecule has 2 heterocycles. The van der Waals surface area contributed by atoms with Crippen LogP contribution in [0.5, 0.6) is 0 Å². The van der Waals surface area contributed by atoms with Crippen LogP contribution in [0.2, 0.25) is 0 Å². The van der Waals surface area contributed by atoms with E-state index in [1.807, 2.05) is 0 Å². The van der Waals surface area contributed by atoms with Crippen LogP contribution in [0.25, 0.3) is 0 Å². The standard InChI is InChI=1S/C12H12F3N3O4S2/c1-6-3-9(23-10(6)11(19)20)24(21,22)17-8-4-7(2)18(16-8)5-12(13,14)15/h3-4H,5H2,1-2H3,(H,16,17)(H,19,20). The minimum atomic E-state index is -4.49. The van der Waals surface area contributed by atoms with Crippen molar-refractivity contribution < 1.29 is 31.5 Å². The number of alkyl halides is 3. The van der Waals surface area contributed by atoms with E-state index < -0.39 is 28.7 Å². The molecular weight excluding hydrogens is 371 g/mol. The molecule has 12 heteroatoms. The molecule has 0 unspecified atom stereocenters. The highest BCUT2D eigenvalue weighted by Crippen LogP contribution is 2.28. The number of anilines is 1. The normalized spacial score (nSPS) is 12.4. The zero-order chi connectivity index (χ0) is 18.3. The van der Waals surface area contributed by atoms with Gasteiger partial charge in [0.2, 0.25) is 0 Å². The number of sulfonamides is 1. The molecule has 2 aromatic rings. The first kappa shape index (κ1) is 18.3. The Balaban J connectivity index is 2.28. The van der Waals surface area contributed by atoms with Gasteiger partial charge in [-0.05, 0) is 25.5 Å². The summed E-state index contributed by atoms with van der Waals surface area (Å²) in [5.41, 5.74) is 0.394. The van der Waals surface area contributed by atoms with Crippen molar-refractivity contribution >= 4 is 33.1 Å². The van der Waals surface area contributed by atoms with E-state index in [2.05, 4.69) is 9.82 Å². The highest BCUT2D eigenvalue weighted by atomic mass is 32.2. The number of aromatic carboxylic acids is 1. The molecule has 0 atom stereocenters. The first-order valence-corrected chi connectivity index (χ1v) is 8.67. The van der Waals surface area contributed by atoms with Crippen molar-refractivity contribution in [1.82, 2.24) is 9.78 Å². The molecule has 24 heavy (non-hydrogen) atoms. The number of aryl methyl sites for hydroxylation is 2. The lowest BCUT2D eigenvalue weighted by molar-refractivity contribution is -0.142. The summed E-state index contributed by atoms with van der Waals surface area (Å²) < 4.78 is 64.1. The van der Waals surface area contributed by atoms with Crippen LogP contribution < -0.4 is 4.72 Å². The number of halogens is 3. The Kier molecular flexibility index (Phi) is 4.63. The van der Waals surface area contributed by atoms with Gasteiger partial charge >= 0.3 is 12.1 Å². The molecule has 2 rings (SSSR count). The number of carboxylic acid groups (broad SMARTS) is 1. The second-order valence-electron chi connectivity index (χ2n) is 4.93. The Morgan fingerprint density at radius 2 is 2.00 bits per heavy atom. The van der Waals surface area contributed by atoms with Gasteiger partial charge in [0.05, 0.1) is 0 Å². The number of thiophene rings is 1. The molecule has 0 saturated heterocycles. The Morgan fingerprint density at radius 3 is 2.50 bits per heavy atom. The molecule has 7 nitrogen and oxygen atoms in total. The quantitative estimate of drug-likeness (QED) is 0.827. The molecule has 2 aromatic heterocycles. The second-order valence-corrected chi connectivity index (χ2v) is 7.89. The Morgan fingerprint density at radius 1 is 1.38 bits per heavy atom. The van der Waals surface area contributed by atoms with Crippen molar-refractivity contribution in [3.8, 4) is 0 Å². The zero-order valence-corrected chi connectivity index (χ0v) is 14.0. The average molecular weight is 383 g/mol.